The van der Waals surface area contributed by atoms with Crippen molar-refractivity contribution in [3.8, 4) is 0 Å². The highest BCUT2D eigenvalue weighted by atomic mass is 16.4. The van der Waals surface area contributed by atoms with Crippen molar-refractivity contribution in [2.24, 2.45) is 5.41 Å². The first-order valence-electron chi connectivity index (χ1n) is 7.18. The lowest BCUT2D eigenvalue weighted by molar-refractivity contribution is -0.121. The molecule has 22 heavy (non-hydrogen) atoms. The molecule has 1 amide bonds. The van der Waals surface area contributed by atoms with Gasteiger partial charge in [-0.15, -0.1) is 0 Å². The number of carbonyl (C=O) groups excluding carboxylic acids is 2. The highest BCUT2D eigenvalue weighted by molar-refractivity contribution is 5.91. The number of carbonyl (C=O) groups is 3. The molecule has 0 aliphatic rings. The second kappa shape index (κ2) is 7.68. The lowest BCUT2D eigenvalue weighted by Crippen LogP contribution is -2.15. The van der Waals surface area contributed by atoms with E-state index in [2.05, 4.69) is 10.3 Å². The van der Waals surface area contributed by atoms with Gasteiger partial charge in [0.05, 0.1) is 5.56 Å². The number of aromatic carboxylic acids is 1. The second-order valence-electron chi connectivity index (χ2n) is 6.42. The fourth-order valence-corrected chi connectivity index (χ4v) is 1.93. The Morgan fingerprint density at radius 1 is 1.18 bits per heavy atom. The third-order valence-corrected chi connectivity index (χ3v) is 2.86. The van der Waals surface area contributed by atoms with Crippen molar-refractivity contribution in [3.63, 3.8) is 0 Å². The first-order valence-corrected chi connectivity index (χ1v) is 7.18. The van der Waals surface area contributed by atoms with Gasteiger partial charge in [0, 0.05) is 25.5 Å². The average molecular weight is 306 g/mol. The van der Waals surface area contributed by atoms with Crippen LogP contribution in [0.1, 0.15) is 56.8 Å². The van der Waals surface area contributed by atoms with Crippen LogP contribution in [-0.2, 0) is 9.59 Å². The third-order valence-electron chi connectivity index (χ3n) is 2.86. The molecule has 0 aliphatic heterocycles. The number of hydrogen-bond donors (Lipinski definition) is 2. The van der Waals surface area contributed by atoms with Crippen molar-refractivity contribution in [3.05, 3.63) is 23.9 Å². The van der Waals surface area contributed by atoms with E-state index in [4.69, 9.17) is 5.11 Å². The van der Waals surface area contributed by atoms with Crippen LogP contribution in [0.5, 0.6) is 0 Å². The SMILES string of the molecule is CC(C)(C)CC(=O)CCCC(=O)Nc1ccc(C(=O)O)cn1. The molecule has 6 heteroatoms. The van der Waals surface area contributed by atoms with Crippen molar-refractivity contribution in [1.82, 2.24) is 4.98 Å². The van der Waals surface area contributed by atoms with Crippen molar-refractivity contribution >= 4 is 23.5 Å². The van der Waals surface area contributed by atoms with Crippen LogP contribution in [-0.4, -0.2) is 27.8 Å². The van der Waals surface area contributed by atoms with Gasteiger partial charge in [0.15, 0.2) is 0 Å². The van der Waals surface area contributed by atoms with Crippen molar-refractivity contribution in [2.45, 2.75) is 46.5 Å². The number of nitrogens with zero attached hydrogens (tertiary/aromatic N) is 1. The molecule has 0 spiro atoms. The Kier molecular flexibility index (Phi) is 6.22. The van der Waals surface area contributed by atoms with Crippen molar-refractivity contribution in [2.75, 3.05) is 5.32 Å². The number of hydrogen-bond acceptors (Lipinski definition) is 4. The zero-order chi connectivity index (χ0) is 16.8. The van der Waals surface area contributed by atoms with Crippen LogP contribution in [0.4, 0.5) is 5.82 Å². The Labute approximate surface area is 129 Å². The van der Waals surface area contributed by atoms with E-state index in [1.54, 1.807) is 0 Å². The largest absolute Gasteiger partial charge is 0.478 e. The predicted molar refractivity (Wildman–Crippen MR) is 82.8 cm³/mol. The van der Waals surface area contributed by atoms with Gasteiger partial charge in [0.2, 0.25) is 5.91 Å². The second-order valence-corrected chi connectivity index (χ2v) is 6.42. The molecule has 1 heterocycles. The van der Waals surface area contributed by atoms with E-state index in [0.29, 0.717) is 25.1 Å². The Morgan fingerprint density at radius 2 is 1.86 bits per heavy atom. The minimum Gasteiger partial charge on any atom is -0.478 e. The quantitative estimate of drug-likeness (QED) is 0.807. The molecule has 0 bridgehead atoms. The van der Waals surface area contributed by atoms with E-state index in [1.807, 2.05) is 20.8 Å². The van der Waals surface area contributed by atoms with Gasteiger partial charge >= 0.3 is 5.97 Å². The zero-order valence-electron chi connectivity index (χ0n) is 13.2. The number of carboxylic acid groups (broad SMARTS) is 1. The van der Waals surface area contributed by atoms with Crippen molar-refractivity contribution < 1.29 is 19.5 Å². The van der Waals surface area contributed by atoms with E-state index in [-0.39, 0.29) is 29.1 Å². The number of Topliss-reactive ketones (excluding diaryl/α,β-unsaturated/α-hetero) is 1. The number of nitrogens with one attached hydrogen (secondary N) is 1. The summed E-state index contributed by atoms with van der Waals surface area (Å²) in [6, 6.07) is 2.81. The first-order chi connectivity index (χ1) is 10.2. The molecule has 1 aromatic rings. The van der Waals surface area contributed by atoms with Gasteiger partial charge in [0.1, 0.15) is 11.6 Å². The summed E-state index contributed by atoms with van der Waals surface area (Å²) in [6.45, 7) is 6.01. The molecular weight excluding hydrogens is 284 g/mol. The normalized spacial score (nSPS) is 11.0. The third kappa shape index (κ3) is 6.97. The van der Waals surface area contributed by atoms with E-state index in [0.717, 1.165) is 0 Å². The molecule has 1 rings (SSSR count). The van der Waals surface area contributed by atoms with Gasteiger partial charge in [0.25, 0.3) is 0 Å². The minimum atomic E-state index is -1.07. The van der Waals surface area contributed by atoms with Crippen molar-refractivity contribution in [1.29, 1.82) is 0 Å². The van der Waals surface area contributed by atoms with Gasteiger partial charge in [-0.3, -0.25) is 9.59 Å². The number of anilines is 1. The summed E-state index contributed by atoms with van der Waals surface area (Å²) in [5, 5.41) is 11.3. The van der Waals surface area contributed by atoms with E-state index >= 15 is 0 Å². The zero-order valence-corrected chi connectivity index (χ0v) is 13.2. The highest BCUT2D eigenvalue weighted by Crippen LogP contribution is 2.20. The fourth-order valence-electron chi connectivity index (χ4n) is 1.93. The summed E-state index contributed by atoms with van der Waals surface area (Å²) in [7, 11) is 0. The molecule has 0 atom stereocenters. The smallest absolute Gasteiger partial charge is 0.337 e. The fraction of sp³-hybridized carbons (Fsp3) is 0.500. The maximum absolute atomic E-state index is 11.7. The van der Waals surface area contributed by atoms with E-state index in [9.17, 15) is 14.4 Å². The molecular formula is C16H22N2O4. The average Bonchev–Trinajstić information content (AvgIpc) is 2.37. The monoisotopic (exact) mass is 306 g/mol. The van der Waals surface area contributed by atoms with E-state index < -0.39 is 5.97 Å². The molecule has 0 saturated carbocycles. The summed E-state index contributed by atoms with van der Waals surface area (Å²) in [5.74, 6) is -0.845. The first kappa shape index (κ1) is 17.8. The number of amides is 1. The summed E-state index contributed by atoms with van der Waals surface area (Å²) < 4.78 is 0. The van der Waals surface area contributed by atoms with Crippen LogP contribution in [0.15, 0.2) is 18.3 Å². The topological polar surface area (TPSA) is 96.4 Å². The number of pyridine rings is 1. The molecule has 0 saturated heterocycles. The maximum Gasteiger partial charge on any atom is 0.337 e. The Bertz CT molecular complexity index is 544. The molecule has 0 radical (unpaired) electrons. The molecule has 2 N–H and O–H groups in total. The molecule has 0 aliphatic carbocycles. The molecule has 0 fully saturated rings. The minimum absolute atomic E-state index is 0.0326. The Balaban J connectivity index is 2.34. The van der Waals surface area contributed by atoms with Gasteiger partial charge in [-0.05, 0) is 24.0 Å². The van der Waals surface area contributed by atoms with E-state index in [1.165, 1.54) is 18.3 Å². The van der Waals surface area contributed by atoms with Crippen LogP contribution in [0.25, 0.3) is 0 Å². The Morgan fingerprint density at radius 3 is 2.36 bits per heavy atom. The van der Waals surface area contributed by atoms with Crippen LogP contribution < -0.4 is 5.32 Å². The van der Waals surface area contributed by atoms with Gasteiger partial charge in [-0.1, -0.05) is 20.8 Å². The predicted octanol–water partition coefficient (Wildman–Crippen LogP) is 2.89. The van der Waals surface area contributed by atoms with Gasteiger partial charge < -0.3 is 10.4 Å². The van der Waals surface area contributed by atoms with Crippen LogP contribution >= 0.6 is 0 Å². The summed E-state index contributed by atoms with van der Waals surface area (Å²) in [4.78, 5) is 38.0. The van der Waals surface area contributed by atoms with Crippen LogP contribution in [0.2, 0.25) is 0 Å². The number of rotatable bonds is 7. The van der Waals surface area contributed by atoms with Gasteiger partial charge in [-0.25, -0.2) is 9.78 Å². The van der Waals surface area contributed by atoms with Crippen LogP contribution in [0, 0.1) is 5.41 Å². The summed E-state index contributed by atoms with van der Waals surface area (Å²) in [5.41, 5.74) is 0.0283. The lowest BCUT2D eigenvalue weighted by atomic mass is 9.88. The Hall–Kier alpha value is -2.24. The molecule has 120 valence electrons. The molecule has 6 nitrogen and oxygen atoms in total. The number of ketones is 1. The molecule has 0 unspecified atom stereocenters. The maximum atomic E-state index is 11.7. The summed E-state index contributed by atoms with van der Waals surface area (Å²) >= 11 is 0. The van der Waals surface area contributed by atoms with Gasteiger partial charge in [-0.2, -0.15) is 0 Å². The van der Waals surface area contributed by atoms with Crippen LogP contribution in [0.3, 0.4) is 0 Å². The standard InChI is InChI=1S/C16H22N2O4/c1-16(2,3)9-12(19)5-4-6-14(20)18-13-8-7-11(10-17-13)15(21)22/h7-8,10H,4-6,9H2,1-3H3,(H,21,22)(H,17,18,20). The summed E-state index contributed by atoms with van der Waals surface area (Å²) in [6.07, 6.45) is 2.81. The molecule has 0 aromatic carbocycles. The lowest BCUT2D eigenvalue weighted by Gasteiger charge is -2.16. The number of carboxylic acids is 1. The number of aromatic nitrogens is 1. The molecule has 1 aromatic heterocycles. The highest BCUT2D eigenvalue weighted by Gasteiger charge is 2.16.